The van der Waals surface area contributed by atoms with Crippen LogP contribution in [0.3, 0.4) is 0 Å². The van der Waals surface area contributed by atoms with Crippen molar-refractivity contribution in [3.8, 4) is 0 Å². The summed E-state index contributed by atoms with van der Waals surface area (Å²) >= 11 is 0. The number of aliphatic hydroxyl groups excluding tert-OH is 8. The average Bonchev–Trinajstić information content (AvgIpc) is 0.829. The van der Waals surface area contributed by atoms with E-state index in [1.807, 2.05) is 0 Å². The Balaban J connectivity index is 1.64. The molecule has 0 radical (unpaired) electrons. The summed E-state index contributed by atoms with van der Waals surface area (Å²) in [6.07, 6.45) is 68.8. The van der Waals surface area contributed by atoms with Gasteiger partial charge in [0.05, 0.1) is 32.0 Å². The van der Waals surface area contributed by atoms with Crippen LogP contribution in [0.5, 0.6) is 0 Å². The molecule has 0 aromatic carbocycles. The zero-order valence-corrected chi connectivity index (χ0v) is 58.3. The number of carbonyl (C=O) groups is 1. The minimum atomic E-state index is -1.79. The Morgan fingerprint density at radius 2 is 0.750 bits per heavy atom. The molecule has 92 heavy (non-hydrogen) atoms. The van der Waals surface area contributed by atoms with Gasteiger partial charge < -0.3 is 65.1 Å². The van der Waals surface area contributed by atoms with Gasteiger partial charge in [0, 0.05) is 6.42 Å². The van der Waals surface area contributed by atoms with Crippen LogP contribution < -0.4 is 5.32 Å². The predicted molar refractivity (Wildman–Crippen MR) is 378 cm³/mol. The van der Waals surface area contributed by atoms with Gasteiger partial charge in [0.2, 0.25) is 5.91 Å². The third-order valence-corrected chi connectivity index (χ3v) is 18.1. The van der Waals surface area contributed by atoms with Gasteiger partial charge >= 0.3 is 0 Å². The fraction of sp³-hybridized carbons (Fsp3) is 0.808. The minimum Gasteiger partial charge on any atom is -0.394 e. The van der Waals surface area contributed by atoms with E-state index in [4.69, 9.17) is 18.9 Å². The Bertz CT molecular complexity index is 1870. The van der Waals surface area contributed by atoms with E-state index in [1.165, 1.54) is 180 Å². The van der Waals surface area contributed by atoms with Crippen molar-refractivity contribution >= 4 is 5.91 Å². The summed E-state index contributed by atoms with van der Waals surface area (Å²) in [5, 5.41) is 87.8. The van der Waals surface area contributed by atoms with Gasteiger partial charge in [-0.15, -0.1) is 0 Å². The minimum absolute atomic E-state index is 0.209. The van der Waals surface area contributed by atoms with Gasteiger partial charge in [-0.2, -0.15) is 0 Å². The molecule has 2 aliphatic rings. The zero-order chi connectivity index (χ0) is 66.6. The SMILES string of the molecule is CC/C=C\C/C=C\C/C=C\C/C=C\C/C=C\C/C=C\C/C=C\CCCCCCCCCCCCCC(=O)NC(COC1OC(CO)C(OC2OC(CO)C(O)C(O)C2O)C(O)C1O)C(O)CCCCCCCCCCCCCCCCCCCCCCCCCCC. The maximum atomic E-state index is 13.4. The van der Waals surface area contributed by atoms with E-state index in [0.29, 0.717) is 12.8 Å². The van der Waals surface area contributed by atoms with Crippen molar-refractivity contribution in [1.29, 1.82) is 0 Å². The summed E-state index contributed by atoms with van der Waals surface area (Å²) in [6.45, 7) is 2.78. The van der Waals surface area contributed by atoms with E-state index >= 15 is 0 Å². The number of aliphatic hydroxyl groups is 8. The molecular weight excluding hydrogens is 1160 g/mol. The Kier molecular flexibility index (Phi) is 57.2. The highest BCUT2D eigenvalue weighted by Gasteiger charge is 2.51. The van der Waals surface area contributed by atoms with Crippen molar-refractivity contribution in [2.75, 3.05) is 19.8 Å². The van der Waals surface area contributed by atoms with Crippen LogP contribution >= 0.6 is 0 Å². The van der Waals surface area contributed by atoms with E-state index in [1.54, 1.807) is 0 Å². The van der Waals surface area contributed by atoms with Gasteiger partial charge in [-0.25, -0.2) is 0 Å². The van der Waals surface area contributed by atoms with Gasteiger partial charge in [0.15, 0.2) is 12.6 Å². The second kappa shape index (κ2) is 61.7. The maximum absolute atomic E-state index is 13.4. The third-order valence-electron chi connectivity index (χ3n) is 18.1. The molecule has 12 atom stereocenters. The lowest BCUT2D eigenvalue weighted by Gasteiger charge is -2.46. The van der Waals surface area contributed by atoms with Crippen LogP contribution in [-0.2, 0) is 23.7 Å². The molecule has 0 bridgehead atoms. The van der Waals surface area contributed by atoms with E-state index in [9.17, 15) is 45.6 Å². The second-order valence-electron chi connectivity index (χ2n) is 26.4. The number of nitrogens with one attached hydrogen (secondary N) is 1. The molecule has 2 fully saturated rings. The molecular formula is C78H139NO13. The zero-order valence-electron chi connectivity index (χ0n) is 58.3. The van der Waals surface area contributed by atoms with Crippen molar-refractivity contribution in [3.63, 3.8) is 0 Å². The van der Waals surface area contributed by atoms with Gasteiger partial charge in [0.1, 0.15) is 48.8 Å². The monoisotopic (exact) mass is 1300 g/mol. The summed E-state index contributed by atoms with van der Waals surface area (Å²) in [5.74, 6) is -0.209. The summed E-state index contributed by atoms with van der Waals surface area (Å²) in [7, 11) is 0. The number of amides is 1. The van der Waals surface area contributed by atoms with Crippen LogP contribution in [0.2, 0.25) is 0 Å². The average molecular weight is 1300 g/mol. The lowest BCUT2D eigenvalue weighted by Crippen LogP contribution is -2.65. The number of carbonyl (C=O) groups excluding carboxylic acids is 1. The topological polar surface area (TPSA) is 228 Å². The fourth-order valence-electron chi connectivity index (χ4n) is 12.2. The lowest BCUT2D eigenvalue weighted by molar-refractivity contribution is -0.359. The number of allylic oxidation sites excluding steroid dienone is 14. The number of ether oxygens (including phenoxy) is 4. The first kappa shape index (κ1) is 85.3. The van der Waals surface area contributed by atoms with Crippen LogP contribution in [0.25, 0.3) is 0 Å². The van der Waals surface area contributed by atoms with Crippen LogP contribution in [0.15, 0.2) is 85.1 Å². The molecule has 2 heterocycles. The van der Waals surface area contributed by atoms with Gasteiger partial charge in [-0.1, -0.05) is 317 Å². The summed E-state index contributed by atoms with van der Waals surface area (Å²) in [5.41, 5.74) is 0. The predicted octanol–water partition coefficient (Wildman–Crippen LogP) is 16.4. The number of unbranched alkanes of at least 4 members (excludes halogenated alkanes) is 35. The van der Waals surface area contributed by atoms with Crippen molar-refractivity contribution in [2.24, 2.45) is 0 Å². The molecule has 2 aliphatic heterocycles. The van der Waals surface area contributed by atoms with Crippen molar-refractivity contribution < 1.29 is 64.6 Å². The molecule has 14 heteroatoms. The molecule has 1 amide bonds. The number of hydrogen-bond donors (Lipinski definition) is 9. The van der Waals surface area contributed by atoms with Gasteiger partial charge in [0.25, 0.3) is 0 Å². The van der Waals surface area contributed by atoms with Crippen LogP contribution in [-0.4, -0.2) is 140 Å². The standard InChI is InChI=1S/C78H139NO13/c1-3-5-7-9-11-13-15-17-19-21-23-25-27-29-30-31-32-33-34-35-36-38-40-42-44-46-48-50-52-54-56-58-60-62-70(83)79-66(65-89-77-75(88)73(86)76(69(64-81)91-77)92-78-74(87)72(85)71(84)68(63-80)90-78)67(82)61-59-57-55-53-51-49-47-45-43-41-39-37-28-26-24-22-20-18-16-14-12-10-8-6-4-2/h5,7,11,13,17,19,23,25,29-30,32-33,35-36,66-69,71-78,80-82,84-88H,3-4,6,8-10,12,14-16,18,20-22,24,26-28,31,34,37-65H2,1-2H3,(H,79,83)/b7-5-,13-11-,19-17-,25-23-,30-29-,33-32-,36-35-. The first-order valence-corrected chi connectivity index (χ1v) is 37.8. The molecule has 0 aromatic rings. The first-order chi connectivity index (χ1) is 45.1. The highest BCUT2D eigenvalue weighted by atomic mass is 16.7. The maximum Gasteiger partial charge on any atom is 0.220 e. The Hall–Kier alpha value is -2.83. The molecule has 9 N–H and O–H groups in total. The smallest absolute Gasteiger partial charge is 0.220 e. The molecule has 0 spiro atoms. The third kappa shape index (κ3) is 44.8. The highest BCUT2D eigenvalue weighted by Crippen LogP contribution is 2.30. The molecule has 534 valence electrons. The Morgan fingerprint density at radius 1 is 0.402 bits per heavy atom. The molecule has 2 rings (SSSR count). The molecule has 2 saturated heterocycles. The molecule has 0 aromatic heterocycles. The van der Waals surface area contributed by atoms with E-state index < -0.39 is 86.8 Å². The van der Waals surface area contributed by atoms with Gasteiger partial charge in [-0.3, -0.25) is 4.79 Å². The molecule has 0 saturated carbocycles. The quantitative estimate of drug-likeness (QED) is 0.0204. The Labute approximate surface area is 561 Å². The Morgan fingerprint density at radius 3 is 1.15 bits per heavy atom. The van der Waals surface area contributed by atoms with Crippen molar-refractivity contribution in [2.45, 2.75) is 383 Å². The number of rotatable bonds is 62. The normalized spacial score (nSPS) is 23.2. The largest absolute Gasteiger partial charge is 0.394 e. The van der Waals surface area contributed by atoms with E-state index in [-0.39, 0.29) is 12.5 Å². The van der Waals surface area contributed by atoms with E-state index in [2.05, 4.69) is 104 Å². The van der Waals surface area contributed by atoms with Crippen molar-refractivity contribution in [1.82, 2.24) is 5.32 Å². The van der Waals surface area contributed by atoms with Crippen molar-refractivity contribution in [3.05, 3.63) is 85.1 Å². The number of hydrogen-bond acceptors (Lipinski definition) is 13. The van der Waals surface area contributed by atoms with Gasteiger partial charge in [-0.05, 0) is 70.6 Å². The fourth-order valence-corrected chi connectivity index (χ4v) is 12.2. The lowest BCUT2D eigenvalue weighted by atomic mass is 9.97. The second-order valence-corrected chi connectivity index (χ2v) is 26.4. The highest BCUT2D eigenvalue weighted by molar-refractivity contribution is 5.76. The summed E-state index contributed by atoms with van der Waals surface area (Å²) in [4.78, 5) is 13.4. The summed E-state index contributed by atoms with van der Waals surface area (Å²) in [6, 6.07) is -0.837. The van der Waals surface area contributed by atoms with Crippen LogP contribution in [0.1, 0.15) is 309 Å². The van der Waals surface area contributed by atoms with Crippen LogP contribution in [0, 0.1) is 0 Å². The molecule has 12 unspecified atom stereocenters. The molecule has 14 nitrogen and oxygen atoms in total. The van der Waals surface area contributed by atoms with E-state index in [0.717, 1.165) is 103 Å². The summed E-state index contributed by atoms with van der Waals surface area (Å²) < 4.78 is 23.0. The molecule has 0 aliphatic carbocycles. The van der Waals surface area contributed by atoms with Crippen LogP contribution in [0.4, 0.5) is 0 Å². The first-order valence-electron chi connectivity index (χ1n) is 37.8.